The van der Waals surface area contributed by atoms with Crippen LogP contribution in [0.1, 0.15) is 27.2 Å². The number of carbonyl (C=O) groups excluding carboxylic acids is 1. The van der Waals surface area contributed by atoms with Crippen molar-refractivity contribution >= 4 is 24.7 Å². The number of fused-ring (bicyclic) bond motifs is 2. The number of amides is 1. The van der Waals surface area contributed by atoms with E-state index in [-0.39, 0.29) is 23.4 Å². The van der Waals surface area contributed by atoms with Gasteiger partial charge in [-0.1, -0.05) is 24.3 Å². The summed E-state index contributed by atoms with van der Waals surface area (Å²) in [6.45, 7) is 1.79. The Kier molecular flexibility index (Phi) is 4.23. The summed E-state index contributed by atoms with van der Waals surface area (Å²) in [7, 11) is 7.84. The molecule has 2 radical (unpaired) electrons. The molecule has 0 bridgehead atoms. The molecule has 5 rings (SSSR count). The van der Waals surface area contributed by atoms with E-state index in [1.54, 1.807) is 28.9 Å². The number of aryl methyl sites for hydroxylation is 2. The largest absolute Gasteiger partial charge is 0.374 e. The molecule has 3 heterocycles. The van der Waals surface area contributed by atoms with Gasteiger partial charge in [-0.3, -0.25) is 14.5 Å². The first-order valence-corrected chi connectivity index (χ1v) is 9.78. The van der Waals surface area contributed by atoms with Crippen molar-refractivity contribution in [3.63, 3.8) is 0 Å². The molecule has 31 heavy (non-hydrogen) atoms. The maximum Gasteiger partial charge on any atom is 0.258 e. The van der Waals surface area contributed by atoms with Crippen LogP contribution in [-0.2, 0) is 19.2 Å². The third-order valence-electron chi connectivity index (χ3n) is 5.73. The van der Waals surface area contributed by atoms with Crippen molar-refractivity contribution in [1.82, 2.24) is 19.7 Å². The maximum atomic E-state index is 15.1. The number of pyridine rings is 1. The number of nitrogens with zero attached hydrogens (tertiary/aromatic N) is 4. The van der Waals surface area contributed by atoms with Crippen molar-refractivity contribution in [3.8, 4) is 11.1 Å². The second kappa shape index (κ2) is 6.75. The Morgan fingerprint density at radius 3 is 2.74 bits per heavy atom. The van der Waals surface area contributed by atoms with Gasteiger partial charge in [-0.2, -0.15) is 5.10 Å². The van der Waals surface area contributed by atoms with Crippen molar-refractivity contribution in [1.29, 1.82) is 0 Å². The van der Waals surface area contributed by atoms with Crippen LogP contribution < -0.4 is 0 Å². The number of halogens is 1. The Balaban J connectivity index is 1.51. The van der Waals surface area contributed by atoms with Gasteiger partial charge in [0.05, 0.1) is 23.3 Å². The summed E-state index contributed by atoms with van der Waals surface area (Å²) < 4.78 is 16.8. The summed E-state index contributed by atoms with van der Waals surface area (Å²) in [5.41, 5.74) is 1.88. The first-order chi connectivity index (χ1) is 14.8. The van der Waals surface area contributed by atoms with Gasteiger partial charge in [0.1, 0.15) is 11.4 Å². The van der Waals surface area contributed by atoms with Crippen LogP contribution in [0.4, 0.5) is 4.39 Å². The molecule has 1 atom stereocenters. The number of aromatic nitrogens is 3. The number of aliphatic hydroxyl groups is 1. The van der Waals surface area contributed by atoms with Crippen LogP contribution in [0.5, 0.6) is 0 Å². The SMILES string of the molecule is [B]C1(O)c2ncccc2C(=O)N1Cc1ccc(-c2ccc(C)c3nn(C)cc23)cc1F. The summed E-state index contributed by atoms with van der Waals surface area (Å²) in [6.07, 6.45) is 3.36. The standard InChI is InChI=1S/C23H18BFN4O2/c1-13-5-8-16(18-12-28(2)27-20(13)18)14-6-7-15(19(25)10-14)11-29-22(30)17-4-3-9-26-21(17)23(29,24)31/h3-10,12,31H,11H2,1-2H3. The van der Waals surface area contributed by atoms with E-state index in [0.29, 0.717) is 5.56 Å². The van der Waals surface area contributed by atoms with Gasteiger partial charge < -0.3 is 10.0 Å². The summed E-state index contributed by atoms with van der Waals surface area (Å²) in [4.78, 5) is 17.8. The number of benzene rings is 2. The van der Waals surface area contributed by atoms with Gasteiger partial charge in [0, 0.05) is 30.4 Å². The molecule has 0 aliphatic carbocycles. The topological polar surface area (TPSA) is 71.2 Å². The van der Waals surface area contributed by atoms with E-state index in [2.05, 4.69) is 10.1 Å². The van der Waals surface area contributed by atoms with E-state index in [9.17, 15) is 9.90 Å². The van der Waals surface area contributed by atoms with Crippen molar-refractivity contribution in [3.05, 3.63) is 83.1 Å². The molecule has 2 aromatic heterocycles. The average Bonchev–Trinajstić information content (AvgIpc) is 3.22. The molecule has 152 valence electrons. The van der Waals surface area contributed by atoms with Crippen LogP contribution >= 0.6 is 0 Å². The molecule has 1 aliphatic rings. The van der Waals surface area contributed by atoms with E-state index in [1.807, 2.05) is 32.3 Å². The third kappa shape index (κ3) is 2.94. The zero-order valence-corrected chi connectivity index (χ0v) is 17.0. The smallest absolute Gasteiger partial charge is 0.258 e. The first-order valence-electron chi connectivity index (χ1n) is 9.78. The molecule has 0 saturated carbocycles. The fourth-order valence-corrected chi connectivity index (χ4v) is 4.11. The molecule has 0 spiro atoms. The molecule has 4 aromatic rings. The minimum atomic E-state index is -2.10. The van der Waals surface area contributed by atoms with Gasteiger partial charge in [-0.05, 0) is 41.8 Å². The summed E-state index contributed by atoms with van der Waals surface area (Å²) >= 11 is 0. The highest BCUT2D eigenvalue weighted by Gasteiger charge is 2.45. The second-order valence-electron chi connectivity index (χ2n) is 7.82. The Labute approximate surface area is 179 Å². The first kappa shape index (κ1) is 19.4. The highest BCUT2D eigenvalue weighted by Crippen LogP contribution is 2.36. The Morgan fingerprint density at radius 1 is 1.19 bits per heavy atom. The van der Waals surface area contributed by atoms with Gasteiger partial charge in [0.25, 0.3) is 5.91 Å². The predicted octanol–water partition coefficient (Wildman–Crippen LogP) is 3.01. The Bertz CT molecular complexity index is 1370. The lowest BCUT2D eigenvalue weighted by Crippen LogP contribution is -2.44. The lowest BCUT2D eigenvalue weighted by atomic mass is 9.87. The molecule has 0 saturated heterocycles. The molecule has 2 aromatic carbocycles. The molecule has 1 aliphatic heterocycles. The van der Waals surface area contributed by atoms with Gasteiger partial charge in [0.2, 0.25) is 0 Å². The highest BCUT2D eigenvalue weighted by atomic mass is 19.1. The average molecular weight is 412 g/mol. The highest BCUT2D eigenvalue weighted by molar-refractivity contribution is 6.19. The second-order valence-corrected chi connectivity index (χ2v) is 7.82. The van der Waals surface area contributed by atoms with Crippen LogP contribution in [-0.4, -0.2) is 38.5 Å². The van der Waals surface area contributed by atoms with Crippen molar-refractivity contribution < 1.29 is 14.3 Å². The molecule has 0 fully saturated rings. The normalized spacial score (nSPS) is 18.1. The number of rotatable bonds is 3. The molecular weight excluding hydrogens is 394 g/mol. The quantitative estimate of drug-likeness (QED) is 0.526. The van der Waals surface area contributed by atoms with Crippen molar-refractivity contribution in [2.75, 3.05) is 0 Å². The zero-order valence-electron chi connectivity index (χ0n) is 17.0. The van der Waals surface area contributed by atoms with Gasteiger partial charge >= 0.3 is 0 Å². The van der Waals surface area contributed by atoms with E-state index < -0.39 is 17.3 Å². The van der Waals surface area contributed by atoms with Crippen LogP contribution in [0.15, 0.2) is 54.9 Å². The van der Waals surface area contributed by atoms with Crippen molar-refractivity contribution in [2.24, 2.45) is 7.05 Å². The maximum absolute atomic E-state index is 15.1. The zero-order chi connectivity index (χ0) is 21.9. The van der Waals surface area contributed by atoms with Gasteiger partial charge in [0.15, 0.2) is 7.85 Å². The van der Waals surface area contributed by atoms with E-state index in [1.165, 1.54) is 12.3 Å². The molecular formula is C23H18BFN4O2. The van der Waals surface area contributed by atoms with E-state index in [4.69, 9.17) is 7.85 Å². The molecule has 1 amide bonds. The van der Waals surface area contributed by atoms with Crippen LogP contribution in [0.2, 0.25) is 0 Å². The van der Waals surface area contributed by atoms with E-state index >= 15 is 4.39 Å². The minimum absolute atomic E-state index is 0.0654. The molecule has 1 unspecified atom stereocenters. The number of hydrogen-bond acceptors (Lipinski definition) is 4. The fraction of sp³-hybridized carbons (Fsp3) is 0.174. The van der Waals surface area contributed by atoms with E-state index in [0.717, 1.165) is 26.9 Å². The molecule has 8 heteroatoms. The lowest BCUT2D eigenvalue weighted by Gasteiger charge is -2.31. The predicted molar refractivity (Wildman–Crippen MR) is 115 cm³/mol. The fourth-order valence-electron chi connectivity index (χ4n) is 4.11. The minimum Gasteiger partial charge on any atom is -0.374 e. The van der Waals surface area contributed by atoms with Crippen molar-refractivity contribution in [2.45, 2.75) is 19.1 Å². The van der Waals surface area contributed by atoms with Crippen LogP contribution in [0.25, 0.3) is 22.0 Å². The Morgan fingerprint density at radius 2 is 2.00 bits per heavy atom. The van der Waals surface area contributed by atoms with Gasteiger partial charge in [-0.25, -0.2) is 4.39 Å². The van der Waals surface area contributed by atoms with Crippen LogP contribution in [0.3, 0.4) is 0 Å². The molecule has 1 N–H and O–H groups in total. The third-order valence-corrected chi connectivity index (χ3v) is 5.73. The molecule has 6 nitrogen and oxygen atoms in total. The Hall–Kier alpha value is -3.52. The summed E-state index contributed by atoms with van der Waals surface area (Å²) in [5.74, 6) is -0.991. The van der Waals surface area contributed by atoms with Crippen LogP contribution in [0, 0.1) is 12.7 Å². The monoisotopic (exact) mass is 412 g/mol. The summed E-state index contributed by atoms with van der Waals surface area (Å²) in [6, 6.07) is 11.8. The lowest BCUT2D eigenvalue weighted by molar-refractivity contribution is -0.0227. The summed E-state index contributed by atoms with van der Waals surface area (Å²) in [5, 5.41) is 16.1. The van der Waals surface area contributed by atoms with Gasteiger partial charge in [-0.15, -0.1) is 0 Å². The number of hydrogen-bond donors (Lipinski definition) is 1. The number of carbonyl (C=O) groups is 1.